The van der Waals surface area contributed by atoms with Gasteiger partial charge in [-0.1, -0.05) is 56.5 Å². The summed E-state index contributed by atoms with van der Waals surface area (Å²) < 4.78 is 0. The topological polar surface area (TPSA) is 26.0 Å². The van der Waals surface area contributed by atoms with Gasteiger partial charge >= 0.3 is 0 Å². The molecular weight excluding hydrogens is 230 g/mol. The first-order valence-corrected chi connectivity index (χ1v) is 8.07. The van der Waals surface area contributed by atoms with Crippen molar-refractivity contribution < 1.29 is 0 Å². The van der Waals surface area contributed by atoms with Crippen molar-refractivity contribution in [3.05, 3.63) is 35.9 Å². The van der Waals surface area contributed by atoms with Gasteiger partial charge in [0.25, 0.3) is 0 Å². The van der Waals surface area contributed by atoms with E-state index in [9.17, 15) is 0 Å². The number of rotatable bonds is 4. The quantitative estimate of drug-likeness (QED) is 0.857. The van der Waals surface area contributed by atoms with Gasteiger partial charge in [0.2, 0.25) is 0 Å². The van der Waals surface area contributed by atoms with Crippen LogP contribution in [0.1, 0.15) is 57.4 Å². The van der Waals surface area contributed by atoms with E-state index in [-0.39, 0.29) is 0 Å². The molecule has 3 atom stereocenters. The maximum Gasteiger partial charge on any atom is 0.0165 e. The Kier molecular flexibility index (Phi) is 3.66. The Bertz CT molecular complexity index is 407. The molecule has 2 fully saturated rings. The van der Waals surface area contributed by atoms with Crippen molar-refractivity contribution in [2.75, 3.05) is 0 Å². The molecule has 2 aliphatic rings. The summed E-state index contributed by atoms with van der Waals surface area (Å²) in [6.45, 7) is 2.34. The Labute approximate surface area is 117 Å². The van der Waals surface area contributed by atoms with Crippen LogP contribution in [0.5, 0.6) is 0 Å². The minimum absolute atomic E-state index is 0.321. The van der Waals surface area contributed by atoms with Crippen LogP contribution in [-0.4, -0.2) is 6.04 Å². The second-order valence-corrected chi connectivity index (χ2v) is 6.75. The molecule has 0 aliphatic heterocycles. The Morgan fingerprint density at radius 1 is 1.21 bits per heavy atom. The van der Waals surface area contributed by atoms with Crippen molar-refractivity contribution >= 4 is 0 Å². The van der Waals surface area contributed by atoms with E-state index in [0.29, 0.717) is 11.5 Å². The maximum atomic E-state index is 6.74. The lowest BCUT2D eigenvalue weighted by Crippen LogP contribution is -2.43. The van der Waals surface area contributed by atoms with Crippen LogP contribution in [0.2, 0.25) is 0 Å². The molecule has 1 nitrogen and oxygen atoms in total. The van der Waals surface area contributed by atoms with E-state index in [4.69, 9.17) is 5.73 Å². The van der Waals surface area contributed by atoms with Gasteiger partial charge in [0, 0.05) is 11.5 Å². The summed E-state index contributed by atoms with van der Waals surface area (Å²) >= 11 is 0. The lowest BCUT2D eigenvalue weighted by molar-refractivity contribution is 0.208. The average molecular weight is 257 g/mol. The Morgan fingerprint density at radius 2 is 1.95 bits per heavy atom. The Hall–Kier alpha value is -0.820. The number of nitrogens with two attached hydrogens (primary N) is 1. The molecule has 0 saturated heterocycles. The molecule has 104 valence electrons. The van der Waals surface area contributed by atoms with Gasteiger partial charge in [0.15, 0.2) is 0 Å². The van der Waals surface area contributed by atoms with Crippen LogP contribution in [0, 0.1) is 11.8 Å². The molecule has 0 aromatic heterocycles. The average Bonchev–Trinajstić information content (AvgIpc) is 3.29. The molecule has 3 unspecified atom stereocenters. The van der Waals surface area contributed by atoms with E-state index < -0.39 is 0 Å². The highest BCUT2D eigenvalue weighted by Gasteiger charge is 2.51. The van der Waals surface area contributed by atoms with Gasteiger partial charge in [0.1, 0.15) is 0 Å². The van der Waals surface area contributed by atoms with Gasteiger partial charge in [0.05, 0.1) is 0 Å². The van der Waals surface area contributed by atoms with Crippen molar-refractivity contribution in [1.29, 1.82) is 0 Å². The van der Waals surface area contributed by atoms with Crippen LogP contribution >= 0.6 is 0 Å². The molecular formula is C18H27N. The fourth-order valence-corrected chi connectivity index (χ4v) is 4.20. The maximum absolute atomic E-state index is 6.74. The zero-order valence-corrected chi connectivity index (χ0v) is 12.1. The lowest BCUT2D eigenvalue weighted by atomic mass is 9.71. The van der Waals surface area contributed by atoms with Gasteiger partial charge in [-0.3, -0.25) is 0 Å². The number of benzene rings is 1. The normalized spacial score (nSPS) is 30.8. The molecule has 1 aromatic rings. The molecule has 2 saturated carbocycles. The SMILES string of the molecule is CCC1CCCC(C(N)C2(c3ccccc3)CC2)C1. The molecule has 2 aliphatic carbocycles. The minimum atomic E-state index is 0.321. The molecule has 0 heterocycles. The van der Waals surface area contributed by atoms with Crippen LogP contribution in [0.15, 0.2) is 30.3 Å². The first-order chi connectivity index (χ1) is 9.26. The Balaban J connectivity index is 1.75. The van der Waals surface area contributed by atoms with E-state index >= 15 is 0 Å². The van der Waals surface area contributed by atoms with Crippen molar-refractivity contribution in [3.63, 3.8) is 0 Å². The molecule has 3 rings (SSSR count). The zero-order valence-electron chi connectivity index (χ0n) is 12.1. The lowest BCUT2D eigenvalue weighted by Gasteiger charge is -2.37. The standard InChI is InChI=1S/C18H27N/c1-2-14-7-6-8-15(13-14)17(19)18(11-12-18)16-9-4-3-5-10-16/h3-5,9-10,14-15,17H,2,6-8,11-13,19H2,1H3. The predicted molar refractivity (Wildman–Crippen MR) is 81.1 cm³/mol. The predicted octanol–water partition coefficient (Wildman–Crippen LogP) is 4.26. The van der Waals surface area contributed by atoms with Gasteiger partial charge < -0.3 is 5.73 Å². The molecule has 0 radical (unpaired) electrons. The van der Waals surface area contributed by atoms with Gasteiger partial charge in [-0.25, -0.2) is 0 Å². The van der Waals surface area contributed by atoms with Crippen molar-refractivity contribution in [3.8, 4) is 0 Å². The highest BCUT2D eigenvalue weighted by Crippen LogP contribution is 2.53. The largest absolute Gasteiger partial charge is 0.327 e. The summed E-state index contributed by atoms with van der Waals surface area (Å²) in [6.07, 6.45) is 9.47. The molecule has 0 spiro atoms. The minimum Gasteiger partial charge on any atom is -0.327 e. The summed E-state index contributed by atoms with van der Waals surface area (Å²) in [5.41, 5.74) is 8.55. The fourth-order valence-electron chi connectivity index (χ4n) is 4.20. The highest BCUT2D eigenvalue weighted by atomic mass is 14.8. The monoisotopic (exact) mass is 257 g/mol. The second kappa shape index (κ2) is 5.28. The molecule has 1 aromatic carbocycles. The van der Waals surface area contributed by atoms with E-state index in [1.165, 1.54) is 50.5 Å². The summed E-state index contributed by atoms with van der Waals surface area (Å²) in [4.78, 5) is 0. The van der Waals surface area contributed by atoms with Crippen molar-refractivity contribution in [1.82, 2.24) is 0 Å². The van der Waals surface area contributed by atoms with Crippen LogP contribution in [0.25, 0.3) is 0 Å². The van der Waals surface area contributed by atoms with E-state index in [2.05, 4.69) is 37.3 Å². The van der Waals surface area contributed by atoms with E-state index in [0.717, 1.165) is 11.8 Å². The van der Waals surface area contributed by atoms with Crippen LogP contribution in [0.3, 0.4) is 0 Å². The molecule has 0 amide bonds. The number of hydrogen-bond donors (Lipinski definition) is 1. The number of hydrogen-bond acceptors (Lipinski definition) is 1. The molecule has 1 heteroatoms. The van der Waals surface area contributed by atoms with Gasteiger partial charge in [-0.05, 0) is 43.1 Å². The Morgan fingerprint density at radius 3 is 2.58 bits per heavy atom. The second-order valence-electron chi connectivity index (χ2n) is 6.75. The van der Waals surface area contributed by atoms with Crippen LogP contribution in [-0.2, 0) is 5.41 Å². The van der Waals surface area contributed by atoms with Crippen molar-refractivity contribution in [2.24, 2.45) is 17.6 Å². The third-order valence-electron chi connectivity index (χ3n) is 5.68. The molecule has 19 heavy (non-hydrogen) atoms. The zero-order chi connectivity index (χ0) is 13.3. The summed E-state index contributed by atoms with van der Waals surface area (Å²) in [7, 11) is 0. The van der Waals surface area contributed by atoms with Gasteiger partial charge in [-0.15, -0.1) is 0 Å². The highest BCUT2D eigenvalue weighted by molar-refractivity contribution is 5.34. The third-order valence-corrected chi connectivity index (χ3v) is 5.68. The first-order valence-electron chi connectivity index (χ1n) is 8.07. The van der Waals surface area contributed by atoms with E-state index in [1.54, 1.807) is 0 Å². The summed E-state index contributed by atoms with van der Waals surface area (Å²) in [5, 5.41) is 0. The molecule has 2 N–H and O–H groups in total. The third kappa shape index (κ3) is 2.45. The summed E-state index contributed by atoms with van der Waals surface area (Å²) in [5.74, 6) is 1.68. The first kappa shape index (κ1) is 13.2. The van der Waals surface area contributed by atoms with Gasteiger partial charge in [-0.2, -0.15) is 0 Å². The van der Waals surface area contributed by atoms with Crippen LogP contribution in [0.4, 0.5) is 0 Å². The van der Waals surface area contributed by atoms with Crippen molar-refractivity contribution in [2.45, 2.75) is 63.3 Å². The summed E-state index contributed by atoms with van der Waals surface area (Å²) in [6, 6.07) is 11.4. The fraction of sp³-hybridized carbons (Fsp3) is 0.667. The van der Waals surface area contributed by atoms with E-state index in [1.807, 2.05) is 0 Å². The molecule has 0 bridgehead atoms. The van der Waals surface area contributed by atoms with Crippen LogP contribution < -0.4 is 5.73 Å². The smallest absolute Gasteiger partial charge is 0.0165 e.